The van der Waals surface area contributed by atoms with Gasteiger partial charge < -0.3 is 10.1 Å². The van der Waals surface area contributed by atoms with E-state index >= 15 is 0 Å². The lowest BCUT2D eigenvalue weighted by atomic mass is 10.2. The fraction of sp³-hybridized carbons (Fsp3) is 0.176. The minimum Gasteiger partial charge on any atom is -0.495 e. The number of para-hydroxylation sites is 1. The molecule has 1 amide bonds. The van der Waals surface area contributed by atoms with Crippen LogP contribution in [0.5, 0.6) is 5.75 Å². The summed E-state index contributed by atoms with van der Waals surface area (Å²) in [5.74, 6) is 0.196. The number of aromatic nitrogens is 4. The normalized spacial score (nSPS) is 10.5. The first-order chi connectivity index (χ1) is 12.6. The van der Waals surface area contributed by atoms with E-state index in [0.717, 1.165) is 4.68 Å². The van der Waals surface area contributed by atoms with Crippen LogP contribution in [0.1, 0.15) is 6.42 Å². The van der Waals surface area contributed by atoms with Crippen LogP contribution in [0.3, 0.4) is 0 Å². The van der Waals surface area contributed by atoms with Gasteiger partial charge in [0.05, 0.1) is 25.0 Å². The van der Waals surface area contributed by atoms with Crippen molar-refractivity contribution < 1.29 is 9.53 Å². The fourth-order valence-corrected chi connectivity index (χ4v) is 2.52. The number of halogens is 1. The van der Waals surface area contributed by atoms with Crippen molar-refractivity contribution in [2.75, 3.05) is 12.4 Å². The second kappa shape index (κ2) is 7.83. The average molecular weight is 374 g/mol. The quantitative estimate of drug-likeness (QED) is 0.714. The molecule has 3 rings (SSSR count). The summed E-state index contributed by atoms with van der Waals surface area (Å²) in [5.41, 5.74) is 0.659. The predicted molar refractivity (Wildman–Crippen MR) is 96.9 cm³/mol. The standard InChI is InChI=1S/C17H16ClN5O3/c1-26-15-8-7-12(18)11-14(15)19-16(24)9-10-22-17(25)23(21-20-22)13-5-3-2-4-6-13/h2-8,11H,9-10H2,1H3,(H,19,24). The molecule has 9 heteroatoms. The summed E-state index contributed by atoms with van der Waals surface area (Å²) in [7, 11) is 1.50. The molecule has 0 aliphatic rings. The molecule has 0 saturated carbocycles. The number of aryl methyl sites for hydroxylation is 1. The molecular formula is C17H16ClN5O3. The molecule has 3 aromatic rings. The van der Waals surface area contributed by atoms with Gasteiger partial charge in [-0.1, -0.05) is 29.8 Å². The molecule has 0 atom stereocenters. The third-order valence-corrected chi connectivity index (χ3v) is 3.86. The van der Waals surface area contributed by atoms with Gasteiger partial charge in [0.2, 0.25) is 5.91 Å². The Balaban J connectivity index is 1.67. The van der Waals surface area contributed by atoms with Crippen molar-refractivity contribution in [2.24, 2.45) is 0 Å². The van der Waals surface area contributed by atoms with Gasteiger partial charge in [0.15, 0.2) is 0 Å². The van der Waals surface area contributed by atoms with Crippen LogP contribution in [0.2, 0.25) is 5.02 Å². The number of hydrogen-bond acceptors (Lipinski definition) is 5. The summed E-state index contributed by atoms with van der Waals surface area (Å²) in [5, 5.41) is 10.8. The van der Waals surface area contributed by atoms with Crippen molar-refractivity contribution in [2.45, 2.75) is 13.0 Å². The van der Waals surface area contributed by atoms with E-state index < -0.39 is 5.69 Å². The smallest absolute Gasteiger partial charge is 0.368 e. The van der Waals surface area contributed by atoms with Gasteiger partial charge in [-0.25, -0.2) is 4.79 Å². The van der Waals surface area contributed by atoms with Gasteiger partial charge in [0, 0.05) is 11.4 Å². The molecule has 0 unspecified atom stereocenters. The summed E-state index contributed by atoms with van der Waals surface area (Å²) in [6.07, 6.45) is 0.0447. The topological polar surface area (TPSA) is 91.0 Å². The lowest BCUT2D eigenvalue weighted by Crippen LogP contribution is -2.26. The molecule has 0 saturated heterocycles. The van der Waals surface area contributed by atoms with Gasteiger partial charge in [0.25, 0.3) is 0 Å². The number of tetrazole rings is 1. The van der Waals surface area contributed by atoms with Gasteiger partial charge in [-0.3, -0.25) is 4.79 Å². The molecule has 1 aromatic heterocycles. The Hall–Kier alpha value is -3.13. The van der Waals surface area contributed by atoms with Crippen LogP contribution < -0.4 is 15.7 Å². The molecule has 0 aliphatic heterocycles. The summed E-state index contributed by atoms with van der Waals surface area (Å²) in [4.78, 5) is 24.5. The SMILES string of the molecule is COc1ccc(Cl)cc1NC(=O)CCn1nnn(-c2ccccc2)c1=O. The van der Waals surface area contributed by atoms with E-state index in [2.05, 4.69) is 15.7 Å². The number of nitrogens with one attached hydrogen (secondary N) is 1. The van der Waals surface area contributed by atoms with E-state index in [1.54, 1.807) is 42.5 Å². The highest BCUT2D eigenvalue weighted by Gasteiger charge is 2.12. The largest absolute Gasteiger partial charge is 0.495 e. The molecule has 0 aliphatic carbocycles. The molecule has 8 nitrogen and oxygen atoms in total. The van der Waals surface area contributed by atoms with Crippen LogP contribution >= 0.6 is 11.6 Å². The Kier molecular flexibility index (Phi) is 5.33. The molecule has 1 heterocycles. The van der Waals surface area contributed by atoms with Crippen LogP contribution in [0.15, 0.2) is 53.3 Å². The fourth-order valence-electron chi connectivity index (χ4n) is 2.34. The van der Waals surface area contributed by atoms with Gasteiger partial charge in [0.1, 0.15) is 5.75 Å². The van der Waals surface area contributed by atoms with E-state index in [9.17, 15) is 9.59 Å². The molecule has 0 radical (unpaired) electrons. The third-order valence-electron chi connectivity index (χ3n) is 3.63. The number of hydrogen-bond donors (Lipinski definition) is 1. The number of benzene rings is 2. The highest BCUT2D eigenvalue weighted by Crippen LogP contribution is 2.27. The molecular weight excluding hydrogens is 358 g/mol. The van der Waals surface area contributed by atoms with Crippen LogP contribution in [0.4, 0.5) is 5.69 Å². The average Bonchev–Trinajstić information content (AvgIpc) is 3.01. The summed E-state index contributed by atoms with van der Waals surface area (Å²) >= 11 is 5.94. The number of nitrogens with zero attached hydrogens (tertiary/aromatic N) is 4. The molecule has 26 heavy (non-hydrogen) atoms. The monoisotopic (exact) mass is 373 g/mol. The minimum absolute atomic E-state index is 0.0447. The van der Waals surface area contributed by atoms with Crippen molar-refractivity contribution in [1.82, 2.24) is 19.8 Å². The molecule has 134 valence electrons. The maximum atomic E-state index is 12.3. The van der Waals surface area contributed by atoms with Crippen LogP contribution in [0.25, 0.3) is 5.69 Å². The minimum atomic E-state index is -0.413. The maximum Gasteiger partial charge on any atom is 0.368 e. The number of methoxy groups -OCH3 is 1. The summed E-state index contributed by atoms with van der Waals surface area (Å²) in [6, 6.07) is 13.9. The van der Waals surface area contributed by atoms with E-state index in [1.165, 1.54) is 11.8 Å². The maximum absolute atomic E-state index is 12.3. The van der Waals surface area contributed by atoms with Gasteiger partial charge in [-0.05, 0) is 40.8 Å². The highest BCUT2D eigenvalue weighted by molar-refractivity contribution is 6.31. The number of carbonyl (C=O) groups excluding carboxylic acids is 1. The summed E-state index contributed by atoms with van der Waals surface area (Å²) < 4.78 is 7.50. The van der Waals surface area contributed by atoms with Gasteiger partial charge in [-0.2, -0.15) is 9.36 Å². The Morgan fingerprint density at radius 3 is 2.69 bits per heavy atom. The lowest BCUT2D eigenvalue weighted by molar-refractivity contribution is -0.116. The highest BCUT2D eigenvalue weighted by atomic mass is 35.5. The third kappa shape index (κ3) is 3.92. The second-order valence-corrected chi connectivity index (χ2v) is 5.81. The molecule has 2 aromatic carbocycles. The zero-order chi connectivity index (χ0) is 18.5. The van der Waals surface area contributed by atoms with E-state index in [-0.39, 0.29) is 18.9 Å². The van der Waals surface area contributed by atoms with Crippen molar-refractivity contribution in [3.8, 4) is 11.4 Å². The van der Waals surface area contributed by atoms with Crippen molar-refractivity contribution >= 4 is 23.2 Å². The zero-order valence-corrected chi connectivity index (χ0v) is 14.7. The first-order valence-electron chi connectivity index (χ1n) is 7.80. The Bertz CT molecular complexity index is 968. The van der Waals surface area contributed by atoms with Gasteiger partial charge in [-0.15, -0.1) is 0 Å². The first kappa shape index (κ1) is 17.7. The Labute approximate surface area is 153 Å². The van der Waals surface area contributed by atoms with Crippen LogP contribution in [-0.2, 0) is 11.3 Å². The Morgan fingerprint density at radius 2 is 1.96 bits per heavy atom. The van der Waals surface area contributed by atoms with E-state index in [4.69, 9.17) is 16.3 Å². The Morgan fingerprint density at radius 1 is 1.19 bits per heavy atom. The predicted octanol–water partition coefficient (Wildman–Crippen LogP) is 2.12. The summed E-state index contributed by atoms with van der Waals surface area (Å²) in [6.45, 7) is 0.0976. The number of anilines is 1. The number of ether oxygens (including phenoxy) is 1. The van der Waals surface area contributed by atoms with Crippen LogP contribution in [-0.4, -0.2) is 32.8 Å². The van der Waals surface area contributed by atoms with Crippen molar-refractivity contribution in [1.29, 1.82) is 0 Å². The first-order valence-corrected chi connectivity index (χ1v) is 8.18. The number of carbonyl (C=O) groups is 1. The lowest BCUT2D eigenvalue weighted by Gasteiger charge is -2.10. The molecule has 0 spiro atoms. The van der Waals surface area contributed by atoms with Crippen molar-refractivity contribution in [3.63, 3.8) is 0 Å². The molecule has 0 bridgehead atoms. The second-order valence-electron chi connectivity index (χ2n) is 5.37. The zero-order valence-electron chi connectivity index (χ0n) is 13.9. The molecule has 1 N–H and O–H groups in total. The molecule has 0 fully saturated rings. The number of amides is 1. The number of rotatable bonds is 6. The van der Waals surface area contributed by atoms with Gasteiger partial charge >= 0.3 is 5.69 Å². The van der Waals surface area contributed by atoms with Crippen molar-refractivity contribution in [3.05, 3.63) is 64.0 Å². The van der Waals surface area contributed by atoms with E-state index in [0.29, 0.717) is 22.1 Å². The van der Waals surface area contributed by atoms with E-state index in [1.807, 2.05) is 6.07 Å². The van der Waals surface area contributed by atoms with Crippen LogP contribution in [0, 0.1) is 0 Å².